The largest absolute Gasteiger partial charge is 1.00 e. The number of hydrogen-bond acceptors (Lipinski definition) is 6. The third kappa shape index (κ3) is 7.92. The molecule has 0 aromatic carbocycles. The van der Waals surface area contributed by atoms with E-state index >= 15 is 0 Å². The Hall–Kier alpha value is -0.240. The molecule has 120 valence electrons. The molecule has 1 atom stereocenters. The summed E-state index contributed by atoms with van der Waals surface area (Å²) in [5, 5.41) is 6.20. The third-order valence-electron chi connectivity index (χ3n) is 2.36. The van der Waals surface area contributed by atoms with Crippen LogP contribution in [0.3, 0.4) is 0 Å². The molecule has 2 rings (SSSR count). The van der Waals surface area contributed by atoms with Gasteiger partial charge in [-0.2, -0.15) is 5.10 Å². The maximum absolute atomic E-state index is 11.6. The van der Waals surface area contributed by atoms with Gasteiger partial charge in [-0.25, -0.2) is 4.68 Å². The van der Waals surface area contributed by atoms with Crippen LogP contribution in [0.25, 0.3) is 12.2 Å². The van der Waals surface area contributed by atoms with E-state index in [2.05, 4.69) is 5.10 Å². The topological polar surface area (TPSA) is 76.4 Å². The predicted octanol–water partition coefficient (Wildman–Crippen LogP) is 0.377. The number of aromatic nitrogens is 2. The van der Waals surface area contributed by atoms with Gasteiger partial charge in [0.2, 0.25) is 0 Å². The van der Waals surface area contributed by atoms with Crippen molar-refractivity contribution in [1.82, 2.24) is 9.78 Å². The van der Waals surface area contributed by atoms with Crippen LogP contribution in [0, 0.1) is 0 Å². The fraction of sp³-hybridized carbons (Fsp3) is 0.357. The second-order valence-corrected chi connectivity index (χ2v) is 7.85. The first kappa shape index (κ1) is 20.8. The zero-order chi connectivity index (χ0) is 16.2. The first-order valence-electron chi connectivity index (χ1n) is 6.65. The second kappa shape index (κ2) is 8.74. The zero-order valence-corrected chi connectivity index (χ0v) is 17.3. The molecule has 2 heterocycles. The van der Waals surface area contributed by atoms with Crippen LogP contribution in [-0.2, 0) is 20.3 Å². The molecular weight excluding hydrogens is 346 g/mol. The summed E-state index contributed by atoms with van der Waals surface area (Å²) in [4.78, 5) is 12.8. The molecule has 0 saturated carbocycles. The first-order valence-corrected chi connectivity index (χ1v) is 8.99. The van der Waals surface area contributed by atoms with Crippen molar-refractivity contribution in [3.05, 3.63) is 40.3 Å². The van der Waals surface area contributed by atoms with E-state index < -0.39 is 13.4 Å². The Morgan fingerprint density at radius 2 is 2.13 bits per heavy atom. The standard InChI is InChI=1S/C14H19N2O4PS.Na/c1-14(2,3)20-21(17,18)19-11-16-9-8-12(15-16)6-7-13-5-4-10-22-13;/h4-10H,11H2,1-3H3,(H,17,18);/q;+1/p-1. The molecule has 0 radical (unpaired) electrons. The Kier molecular flexibility index (Phi) is 7.90. The number of nitrogens with zero attached hydrogens (tertiary/aromatic N) is 2. The average molecular weight is 364 g/mol. The SMILES string of the molecule is CC(C)(C)OP(=O)([O-])OCn1ccc(C=Cc2cccs2)n1.[Na+]. The summed E-state index contributed by atoms with van der Waals surface area (Å²) < 4.78 is 22.7. The Bertz CT molecular complexity index is 679. The van der Waals surface area contributed by atoms with Gasteiger partial charge >= 0.3 is 29.6 Å². The summed E-state index contributed by atoms with van der Waals surface area (Å²) in [6, 6.07) is 5.74. The number of phosphoric acid groups is 1. The molecular formula is C14H18N2NaO4PS. The fourth-order valence-corrected chi connectivity index (χ4v) is 3.18. The molecule has 2 aromatic rings. The van der Waals surface area contributed by atoms with Crippen molar-refractivity contribution in [1.29, 1.82) is 0 Å². The van der Waals surface area contributed by atoms with Gasteiger partial charge in [-0.15, -0.1) is 11.3 Å². The molecule has 0 aliphatic carbocycles. The summed E-state index contributed by atoms with van der Waals surface area (Å²) in [5.74, 6) is 0. The zero-order valence-electron chi connectivity index (χ0n) is 13.6. The quantitative estimate of drug-likeness (QED) is 0.547. The number of thiophene rings is 1. The van der Waals surface area contributed by atoms with E-state index in [1.54, 1.807) is 44.4 Å². The van der Waals surface area contributed by atoms with Crippen LogP contribution in [0.5, 0.6) is 0 Å². The van der Waals surface area contributed by atoms with Crippen molar-refractivity contribution in [2.24, 2.45) is 0 Å². The van der Waals surface area contributed by atoms with E-state index in [-0.39, 0.29) is 36.3 Å². The number of rotatable bonds is 6. The van der Waals surface area contributed by atoms with Crippen LogP contribution in [0.15, 0.2) is 29.8 Å². The van der Waals surface area contributed by atoms with Crippen LogP contribution in [0.4, 0.5) is 0 Å². The van der Waals surface area contributed by atoms with E-state index in [0.717, 1.165) is 10.6 Å². The smallest absolute Gasteiger partial charge is 0.756 e. The van der Waals surface area contributed by atoms with Crippen molar-refractivity contribution in [3.63, 3.8) is 0 Å². The van der Waals surface area contributed by atoms with Crippen molar-refractivity contribution < 1.29 is 48.1 Å². The minimum absolute atomic E-state index is 0. The molecule has 0 bridgehead atoms. The van der Waals surface area contributed by atoms with E-state index in [9.17, 15) is 9.46 Å². The molecule has 9 heteroatoms. The van der Waals surface area contributed by atoms with Crippen LogP contribution in [0.2, 0.25) is 0 Å². The van der Waals surface area contributed by atoms with Crippen molar-refractivity contribution in [2.45, 2.75) is 33.1 Å². The van der Waals surface area contributed by atoms with Gasteiger partial charge < -0.3 is 9.42 Å². The average Bonchev–Trinajstić information content (AvgIpc) is 3.03. The van der Waals surface area contributed by atoms with Gasteiger partial charge in [-0.3, -0.25) is 9.09 Å². The molecule has 6 nitrogen and oxygen atoms in total. The van der Waals surface area contributed by atoms with E-state index in [4.69, 9.17) is 9.05 Å². The van der Waals surface area contributed by atoms with Crippen LogP contribution < -0.4 is 34.5 Å². The van der Waals surface area contributed by atoms with Gasteiger partial charge in [-0.05, 0) is 50.4 Å². The van der Waals surface area contributed by atoms with Crippen molar-refractivity contribution in [3.8, 4) is 0 Å². The maximum atomic E-state index is 11.6. The Morgan fingerprint density at radius 1 is 1.39 bits per heavy atom. The van der Waals surface area contributed by atoms with Gasteiger partial charge in [-0.1, -0.05) is 6.07 Å². The first-order chi connectivity index (χ1) is 10.2. The summed E-state index contributed by atoms with van der Waals surface area (Å²) in [7, 11) is -4.35. The molecule has 0 spiro atoms. The second-order valence-electron chi connectivity index (χ2n) is 5.54. The molecule has 0 amide bonds. The third-order valence-corrected chi connectivity index (χ3v) is 4.40. The molecule has 0 aliphatic heterocycles. The van der Waals surface area contributed by atoms with Crippen LogP contribution in [-0.4, -0.2) is 15.4 Å². The molecule has 0 N–H and O–H groups in total. The van der Waals surface area contributed by atoms with Gasteiger partial charge in [0, 0.05) is 11.1 Å². The van der Waals surface area contributed by atoms with Gasteiger partial charge in [0.25, 0.3) is 7.82 Å². The summed E-state index contributed by atoms with van der Waals surface area (Å²) in [5.41, 5.74) is -0.106. The molecule has 0 saturated heterocycles. The monoisotopic (exact) mass is 364 g/mol. The minimum Gasteiger partial charge on any atom is -0.756 e. The van der Waals surface area contributed by atoms with Gasteiger partial charge in [0.1, 0.15) is 6.73 Å². The van der Waals surface area contributed by atoms with Crippen molar-refractivity contribution >= 4 is 31.3 Å². The maximum Gasteiger partial charge on any atom is 1.00 e. The Morgan fingerprint density at radius 3 is 2.74 bits per heavy atom. The summed E-state index contributed by atoms with van der Waals surface area (Å²) >= 11 is 1.63. The van der Waals surface area contributed by atoms with E-state index in [1.807, 2.05) is 29.7 Å². The summed E-state index contributed by atoms with van der Waals surface area (Å²) in [6.45, 7) is 4.70. The van der Waals surface area contributed by atoms with E-state index in [1.165, 1.54) is 4.68 Å². The fourth-order valence-electron chi connectivity index (χ4n) is 1.58. The number of phosphoric ester groups is 1. The van der Waals surface area contributed by atoms with Gasteiger partial charge in [0.05, 0.1) is 11.3 Å². The van der Waals surface area contributed by atoms with Crippen LogP contribution >= 0.6 is 19.2 Å². The van der Waals surface area contributed by atoms with Gasteiger partial charge in [0.15, 0.2) is 0 Å². The molecule has 2 aromatic heterocycles. The molecule has 23 heavy (non-hydrogen) atoms. The molecule has 1 unspecified atom stereocenters. The van der Waals surface area contributed by atoms with Crippen LogP contribution in [0.1, 0.15) is 31.3 Å². The van der Waals surface area contributed by atoms with Crippen molar-refractivity contribution in [2.75, 3.05) is 0 Å². The van der Waals surface area contributed by atoms with E-state index in [0.29, 0.717) is 0 Å². The Labute approximate surface area is 162 Å². The Balaban J connectivity index is 0.00000264. The minimum atomic E-state index is -4.35. The summed E-state index contributed by atoms with van der Waals surface area (Å²) in [6.07, 6.45) is 5.44. The molecule has 0 aliphatic rings. The number of hydrogen-bond donors (Lipinski definition) is 0. The normalized spacial score (nSPS) is 14.6. The molecule has 0 fully saturated rings. The predicted molar refractivity (Wildman–Crippen MR) is 85.0 cm³/mol.